The topological polar surface area (TPSA) is 97.1 Å². The van der Waals surface area contributed by atoms with E-state index in [0.717, 1.165) is 19.4 Å². The maximum atomic E-state index is 12.0. The van der Waals surface area contributed by atoms with Crippen molar-refractivity contribution in [2.24, 2.45) is 5.73 Å². The zero-order valence-electron chi connectivity index (χ0n) is 10.8. The number of carbonyl (C=O) groups excluding carboxylic acids is 2. The van der Waals surface area contributed by atoms with Crippen molar-refractivity contribution in [2.45, 2.75) is 31.8 Å². The fraction of sp³-hybridized carbons (Fsp3) is 0.462. The molecule has 1 aromatic rings. The number of nitrogens with one attached hydrogen (secondary N) is 2. The predicted molar refractivity (Wildman–Crippen MR) is 70.7 cm³/mol. The van der Waals surface area contributed by atoms with Crippen LogP contribution in [0.4, 0.5) is 0 Å². The van der Waals surface area contributed by atoms with Crippen LogP contribution in [0, 0.1) is 0 Å². The summed E-state index contributed by atoms with van der Waals surface area (Å²) in [6.07, 6.45) is 3.32. The van der Waals surface area contributed by atoms with Crippen molar-refractivity contribution in [1.29, 1.82) is 0 Å². The Morgan fingerprint density at radius 2 is 2.26 bits per heavy atom. The van der Waals surface area contributed by atoms with Gasteiger partial charge in [-0.2, -0.15) is 0 Å². The minimum atomic E-state index is -0.551. The molecule has 4 N–H and O–H groups in total. The predicted octanol–water partition coefficient (Wildman–Crippen LogP) is 0.0508. The van der Waals surface area contributed by atoms with E-state index in [1.165, 1.54) is 18.3 Å². The van der Waals surface area contributed by atoms with E-state index in [1.54, 1.807) is 0 Å². The molecule has 1 aliphatic heterocycles. The molecule has 0 saturated carbocycles. The molecule has 6 heteroatoms. The number of primary amides is 1. The van der Waals surface area contributed by atoms with E-state index >= 15 is 0 Å². The molecule has 6 nitrogen and oxygen atoms in total. The van der Waals surface area contributed by atoms with Crippen LogP contribution in [0.3, 0.4) is 0 Å². The second-order valence-electron chi connectivity index (χ2n) is 4.76. The van der Waals surface area contributed by atoms with Gasteiger partial charge in [0, 0.05) is 18.3 Å². The number of rotatable bonds is 3. The number of hydrogen-bond acceptors (Lipinski definition) is 4. The molecule has 19 heavy (non-hydrogen) atoms. The molecule has 0 aromatic carbocycles. The van der Waals surface area contributed by atoms with Crippen LogP contribution in [0.15, 0.2) is 18.3 Å². The normalized spacial score (nSPS) is 22.8. The first-order valence-corrected chi connectivity index (χ1v) is 6.38. The van der Waals surface area contributed by atoms with E-state index in [-0.39, 0.29) is 18.0 Å². The van der Waals surface area contributed by atoms with Crippen molar-refractivity contribution in [2.75, 3.05) is 6.54 Å². The molecule has 102 valence electrons. The molecule has 1 saturated heterocycles. The Morgan fingerprint density at radius 1 is 1.47 bits per heavy atom. The molecule has 1 aliphatic rings. The SMILES string of the molecule is CC1NCCCC1NC(=O)c1ccc(C(N)=O)cn1. The third kappa shape index (κ3) is 3.29. The van der Waals surface area contributed by atoms with Gasteiger partial charge in [0.15, 0.2) is 0 Å². The van der Waals surface area contributed by atoms with Gasteiger partial charge in [0.25, 0.3) is 5.91 Å². The van der Waals surface area contributed by atoms with Gasteiger partial charge in [-0.25, -0.2) is 0 Å². The lowest BCUT2D eigenvalue weighted by Gasteiger charge is -2.30. The van der Waals surface area contributed by atoms with Gasteiger partial charge in [-0.15, -0.1) is 0 Å². The standard InChI is InChI=1S/C13H18N4O2/c1-8-10(3-2-6-15-8)17-13(19)11-5-4-9(7-16-11)12(14)18/h4-5,7-8,10,15H,2-3,6H2,1H3,(H2,14,18)(H,17,19). The highest BCUT2D eigenvalue weighted by molar-refractivity contribution is 5.95. The quantitative estimate of drug-likeness (QED) is 0.717. The highest BCUT2D eigenvalue weighted by Gasteiger charge is 2.23. The number of piperidine rings is 1. The van der Waals surface area contributed by atoms with Crippen molar-refractivity contribution in [1.82, 2.24) is 15.6 Å². The number of pyridine rings is 1. The van der Waals surface area contributed by atoms with Crippen LogP contribution < -0.4 is 16.4 Å². The molecule has 2 unspecified atom stereocenters. The largest absolute Gasteiger partial charge is 0.366 e. The van der Waals surface area contributed by atoms with Gasteiger partial charge in [0.1, 0.15) is 5.69 Å². The lowest BCUT2D eigenvalue weighted by molar-refractivity contribution is 0.0913. The summed E-state index contributed by atoms with van der Waals surface area (Å²) in [6, 6.07) is 3.38. The molecule has 2 amide bonds. The summed E-state index contributed by atoms with van der Waals surface area (Å²) in [7, 11) is 0. The average Bonchev–Trinajstić information content (AvgIpc) is 2.41. The van der Waals surface area contributed by atoms with E-state index in [9.17, 15) is 9.59 Å². The fourth-order valence-corrected chi connectivity index (χ4v) is 2.16. The van der Waals surface area contributed by atoms with Gasteiger partial charge in [0.2, 0.25) is 5.91 Å². The number of aromatic nitrogens is 1. The molecule has 0 bridgehead atoms. The van der Waals surface area contributed by atoms with Crippen molar-refractivity contribution >= 4 is 11.8 Å². The molecule has 1 aromatic heterocycles. The van der Waals surface area contributed by atoms with Crippen molar-refractivity contribution < 1.29 is 9.59 Å². The van der Waals surface area contributed by atoms with E-state index in [1.807, 2.05) is 6.92 Å². The Kier molecular flexibility index (Phi) is 4.11. The maximum absolute atomic E-state index is 12.0. The van der Waals surface area contributed by atoms with Crippen LogP contribution in [0.1, 0.15) is 40.6 Å². The first kappa shape index (κ1) is 13.5. The summed E-state index contributed by atoms with van der Waals surface area (Å²) in [4.78, 5) is 26.9. The minimum Gasteiger partial charge on any atom is -0.366 e. The Labute approximate surface area is 111 Å². The van der Waals surface area contributed by atoms with Crippen LogP contribution in [-0.2, 0) is 0 Å². The smallest absolute Gasteiger partial charge is 0.270 e. The molecule has 0 spiro atoms. The summed E-state index contributed by atoms with van der Waals surface area (Å²) in [5, 5.41) is 6.27. The van der Waals surface area contributed by atoms with Crippen molar-refractivity contribution in [3.8, 4) is 0 Å². The number of carbonyl (C=O) groups is 2. The molecule has 0 radical (unpaired) electrons. The third-order valence-electron chi connectivity index (χ3n) is 3.36. The first-order chi connectivity index (χ1) is 9.08. The number of hydrogen-bond donors (Lipinski definition) is 3. The molecule has 2 atom stereocenters. The van der Waals surface area contributed by atoms with Gasteiger partial charge < -0.3 is 16.4 Å². The summed E-state index contributed by atoms with van der Waals surface area (Å²) >= 11 is 0. The summed E-state index contributed by atoms with van der Waals surface area (Å²) in [5.74, 6) is -0.777. The van der Waals surface area contributed by atoms with Gasteiger partial charge in [0.05, 0.1) is 5.56 Å². The maximum Gasteiger partial charge on any atom is 0.270 e. The lowest BCUT2D eigenvalue weighted by atomic mass is 10.00. The minimum absolute atomic E-state index is 0.110. The molecular formula is C13H18N4O2. The number of amides is 2. The van der Waals surface area contributed by atoms with Crippen molar-refractivity contribution in [3.63, 3.8) is 0 Å². The Morgan fingerprint density at radius 3 is 2.84 bits per heavy atom. The van der Waals surface area contributed by atoms with Gasteiger partial charge in [-0.3, -0.25) is 14.6 Å². The van der Waals surface area contributed by atoms with Crippen LogP contribution >= 0.6 is 0 Å². The zero-order valence-corrected chi connectivity index (χ0v) is 10.8. The van der Waals surface area contributed by atoms with E-state index in [4.69, 9.17) is 5.73 Å². The third-order valence-corrected chi connectivity index (χ3v) is 3.36. The Balaban J connectivity index is 2.01. The van der Waals surface area contributed by atoms with Crippen LogP contribution in [-0.4, -0.2) is 35.4 Å². The Hall–Kier alpha value is -1.95. The first-order valence-electron chi connectivity index (χ1n) is 6.38. The summed E-state index contributed by atoms with van der Waals surface area (Å²) in [5.41, 5.74) is 5.71. The fourth-order valence-electron chi connectivity index (χ4n) is 2.16. The molecular weight excluding hydrogens is 244 g/mol. The van der Waals surface area contributed by atoms with Crippen LogP contribution in [0.25, 0.3) is 0 Å². The van der Waals surface area contributed by atoms with Crippen LogP contribution in [0.5, 0.6) is 0 Å². The van der Waals surface area contributed by atoms with Gasteiger partial charge in [-0.05, 0) is 38.4 Å². The molecule has 2 heterocycles. The number of nitrogens with two attached hydrogens (primary N) is 1. The Bertz CT molecular complexity index is 472. The molecule has 0 aliphatic carbocycles. The highest BCUT2D eigenvalue weighted by Crippen LogP contribution is 2.09. The number of nitrogens with zero attached hydrogens (tertiary/aromatic N) is 1. The second kappa shape index (κ2) is 5.79. The monoisotopic (exact) mass is 262 g/mol. The molecule has 1 fully saturated rings. The van der Waals surface area contributed by atoms with E-state index in [2.05, 4.69) is 15.6 Å². The lowest BCUT2D eigenvalue weighted by Crippen LogP contribution is -2.52. The summed E-state index contributed by atoms with van der Waals surface area (Å²) in [6.45, 7) is 3.03. The molecule has 2 rings (SSSR count). The average molecular weight is 262 g/mol. The highest BCUT2D eigenvalue weighted by atomic mass is 16.2. The second-order valence-corrected chi connectivity index (χ2v) is 4.76. The van der Waals surface area contributed by atoms with Crippen molar-refractivity contribution in [3.05, 3.63) is 29.6 Å². The van der Waals surface area contributed by atoms with Gasteiger partial charge in [-0.1, -0.05) is 0 Å². The zero-order chi connectivity index (χ0) is 13.8. The van der Waals surface area contributed by atoms with E-state index in [0.29, 0.717) is 11.3 Å². The summed E-state index contributed by atoms with van der Waals surface area (Å²) < 4.78 is 0. The van der Waals surface area contributed by atoms with E-state index < -0.39 is 5.91 Å². The van der Waals surface area contributed by atoms with Crippen LogP contribution in [0.2, 0.25) is 0 Å². The van der Waals surface area contributed by atoms with Gasteiger partial charge >= 0.3 is 0 Å².